The first-order valence-corrected chi connectivity index (χ1v) is 8.70. The SMILES string of the molecule is CCCCC(C)NS(=O)(=O)N(C)CCCNC(C)C. The van der Waals surface area contributed by atoms with E-state index in [9.17, 15) is 8.42 Å². The molecule has 0 aromatic rings. The molecular weight excluding hydrogens is 262 g/mol. The number of hydrogen-bond acceptors (Lipinski definition) is 3. The lowest BCUT2D eigenvalue weighted by Crippen LogP contribution is -2.43. The van der Waals surface area contributed by atoms with E-state index >= 15 is 0 Å². The van der Waals surface area contributed by atoms with E-state index in [1.165, 1.54) is 4.31 Å². The summed E-state index contributed by atoms with van der Waals surface area (Å²) in [5.41, 5.74) is 0. The molecule has 0 aromatic carbocycles. The molecule has 0 aliphatic carbocycles. The molecule has 0 saturated heterocycles. The van der Waals surface area contributed by atoms with Gasteiger partial charge in [0.2, 0.25) is 0 Å². The van der Waals surface area contributed by atoms with Crippen LogP contribution in [0.3, 0.4) is 0 Å². The summed E-state index contributed by atoms with van der Waals surface area (Å²) < 4.78 is 28.2. The summed E-state index contributed by atoms with van der Waals surface area (Å²) >= 11 is 0. The van der Waals surface area contributed by atoms with Gasteiger partial charge in [0.25, 0.3) is 10.2 Å². The molecule has 0 radical (unpaired) electrons. The van der Waals surface area contributed by atoms with Gasteiger partial charge in [-0.15, -0.1) is 0 Å². The average Bonchev–Trinajstić information content (AvgIpc) is 2.30. The van der Waals surface area contributed by atoms with Gasteiger partial charge in [0.15, 0.2) is 0 Å². The van der Waals surface area contributed by atoms with Crippen molar-refractivity contribution in [2.75, 3.05) is 20.1 Å². The smallest absolute Gasteiger partial charge is 0.279 e. The monoisotopic (exact) mass is 293 g/mol. The van der Waals surface area contributed by atoms with Crippen LogP contribution in [0.25, 0.3) is 0 Å². The lowest BCUT2D eigenvalue weighted by molar-refractivity contribution is 0.428. The number of nitrogens with one attached hydrogen (secondary N) is 2. The Hall–Kier alpha value is -0.170. The number of rotatable bonds is 11. The van der Waals surface area contributed by atoms with E-state index in [1.54, 1.807) is 7.05 Å². The van der Waals surface area contributed by atoms with Crippen LogP contribution in [0.2, 0.25) is 0 Å². The second-order valence-electron chi connectivity index (χ2n) is 5.45. The fraction of sp³-hybridized carbons (Fsp3) is 1.00. The topological polar surface area (TPSA) is 61.4 Å². The summed E-state index contributed by atoms with van der Waals surface area (Å²) in [4.78, 5) is 0. The lowest BCUT2D eigenvalue weighted by atomic mass is 10.2. The van der Waals surface area contributed by atoms with Crippen LogP contribution < -0.4 is 10.0 Å². The van der Waals surface area contributed by atoms with Crippen molar-refractivity contribution in [2.24, 2.45) is 0 Å². The van der Waals surface area contributed by atoms with Crippen molar-refractivity contribution < 1.29 is 8.42 Å². The minimum absolute atomic E-state index is 0.00110. The van der Waals surface area contributed by atoms with Crippen LogP contribution in [0.5, 0.6) is 0 Å². The van der Waals surface area contributed by atoms with Crippen molar-refractivity contribution in [2.45, 2.75) is 65.5 Å². The highest BCUT2D eigenvalue weighted by atomic mass is 32.2. The van der Waals surface area contributed by atoms with Gasteiger partial charge < -0.3 is 5.32 Å². The third-order valence-electron chi connectivity index (χ3n) is 2.95. The molecule has 1 atom stereocenters. The quantitative estimate of drug-likeness (QED) is 0.570. The van der Waals surface area contributed by atoms with Crippen LogP contribution in [0.1, 0.15) is 53.4 Å². The first-order valence-electron chi connectivity index (χ1n) is 7.26. The third-order valence-corrected chi connectivity index (χ3v) is 4.66. The molecule has 5 nitrogen and oxygen atoms in total. The summed E-state index contributed by atoms with van der Waals surface area (Å²) in [7, 11) is -1.71. The van der Waals surface area contributed by atoms with Gasteiger partial charge in [-0.25, -0.2) is 0 Å². The minimum Gasteiger partial charge on any atom is -0.314 e. The Morgan fingerprint density at radius 2 is 1.79 bits per heavy atom. The Balaban J connectivity index is 4.03. The van der Waals surface area contributed by atoms with Crippen molar-refractivity contribution in [1.82, 2.24) is 14.3 Å². The van der Waals surface area contributed by atoms with Gasteiger partial charge in [0, 0.05) is 25.7 Å². The van der Waals surface area contributed by atoms with Gasteiger partial charge in [-0.3, -0.25) is 0 Å². The number of hydrogen-bond donors (Lipinski definition) is 2. The highest BCUT2D eigenvalue weighted by molar-refractivity contribution is 7.87. The Labute approximate surface area is 119 Å². The summed E-state index contributed by atoms with van der Waals surface area (Å²) in [6.45, 7) is 9.56. The molecule has 6 heteroatoms. The second-order valence-corrected chi connectivity index (χ2v) is 7.26. The van der Waals surface area contributed by atoms with Crippen LogP contribution in [0, 0.1) is 0 Å². The molecule has 0 spiro atoms. The highest BCUT2D eigenvalue weighted by Crippen LogP contribution is 2.03. The van der Waals surface area contributed by atoms with E-state index in [0.29, 0.717) is 12.6 Å². The van der Waals surface area contributed by atoms with Gasteiger partial charge in [0.05, 0.1) is 0 Å². The molecule has 0 saturated carbocycles. The van der Waals surface area contributed by atoms with Crippen LogP contribution in [0.15, 0.2) is 0 Å². The van der Waals surface area contributed by atoms with Gasteiger partial charge in [-0.1, -0.05) is 33.6 Å². The molecule has 2 N–H and O–H groups in total. The van der Waals surface area contributed by atoms with E-state index in [0.717, 1.165) is 32.2 Å². The normalized spacial score (nSPS) is 14.3. The van der Waals surface area contributed by atoms with Crippen LogP contribution in [-0.4, -0.2) is 44.9 Å². The highest BCUT2D eigenvalue weighted by Gasteiger charge is 2.19. The molecule has 19 heavy (non-hydrogen) atoms. The molecule has 0 amide bonds. The predicted molar refractivity (Wildman–Crippen MR) is 81.4 cm³/mol. The molecule has 0 rings (SSSR count). The molecular formula is C13H31N3O2S. The van der Waals surface area contributed by atoms with E-state index in [1.807, 2.05) is 6.92 Å². The summed E-state index contributed by atoms with van der Waals surface area (Å²) in [5.74, 6) is 0. The van der Waals surface area contributed by atoms with E-state index < -0.39 is 10.2 Å². The Morgan fingerprint density at radius 1 is 1.16 bits per heavy atom. The fourth-order valence-corrected chi connectivity index (χ4v) is 2.90. The van der Waals surface area contributed by atoms with Crippen molar-refractivity contribution in [3.63, 3.8) is 0 Å². The van der Waals surface area contributed by atoms with Crippen LogP contribution in [-0.2, 0) is 10.2 Å². The maximum Gasteiger partial charge on any atom is 0.279 e. The zero-order valence-electron chi connectivity index (χ0n) is 13.1. The maximum atomic E-state index is 12.0. The molecule has 0 bridgehead atoms. The standard InChI is InChI=1S/C13H31N3O2S/c1-6-7-9-13(4)15-19(17,18)16(5)11-8-10-14-12(2)3/h12-15H,6-11H2,1-5H3. The lowest BCUT2D eigenvalue weighted by Gasteiger charge is -2.21. The molecule has 0 heterocycles. The first-order chi connectivity index (χ1) is 8.79. The van der Waals surface area contributed by atoms with Gasteiger partial charge in [-0.05, 0) is 26.3 Å². The molecule has 0 fully saturated rings. The second kappa shape index (κ2) is 9.69. The Kier molecular flexibility index (Phi) is 9.60. The van der Waals surface area contributed by atoms with Crippen molar-refractivity contribution >= 4 is 10.2 Å². The van der Waals surface area contributed by atoms with Crippen LogP contribution >= 0.6 is 0 Å². The zero-order chi connectivity index (χ0) is 14.9. The fourth-order valence-electron chi connectivity index (χ4n) is 1.73. The van der Waals surface area contributed by atoms with Crippen LogP contribution in [0.4, 0.5) is 0 Å². The minimum atomic E-state index is -3.34. The summed E-state index contributed by atoms with van der Waals surface area (Å²) in [6.07, 6.45) is 3.84. The van der Waals surface area contributed by atoms with Gasteiger partial charge in [0.1, 0.15) is 0 Å². The van der Waals surface area contributed by atoms with Crippen molar-refractivity contribution in [3.8, 4) is 0 Å². The first kappa shape index (κ1) is 18.8. The van der Waals surface area contributed by atoms with E-state index in [4.69, 9.17) is 0 Å². The molecule has 0 aromatic heterocycles. The molecule has 0 aliphatic heterocycles. The van der Waals surface area contributed by atoms with Crippen molar-refractivity contribution in [3.05, 3.63) is 0 Å². The third kappa shape index (κ3) is 9.38. The largest absolute Gasteiger partial charge is 0.314 e. The molecule has 0 aliphatic rings. The maximum absolute atomic E-state index is 12.0. The summed E-state index contributed by atoms with van der Waals surface area (Å²) in [6, 6.07) is 0.440. The average molecular weight is 293 g/mol. The zero-order valence-corrected chi connectivity index (χ0v) is 13.9. The Bertz CT molecular complexity index is 318. The van der Waals surface area contributed by atoms with Gasteiger partial charge in [-0.2, -0.15) is 17.4 Å². The van der Waals surface area contributed by atoms with E-state index in [2.05, 4.69) is 30.8 Å². The summed E-state index contributed by atoms with van der Waals surface area (Å²) in [5, 5.41) is 3.28. The number of nitrogens with zero attached hydrogens (tertiary/aromatic N) is 1. The molecule has 1 unspecified atom stereocenters. The Morgan fingerprint density at radius 3 is 2.32 bits per heavy atom. The molecule has 116 valence electrons. The van der Waals surface area contributed by atoms with E-state index in [-0.39, 0.29) is 6.04 Å². The van der Waals surface area contributed by atoms with Gasteiger partial charge >= 0.3 is 0 Å². The number of unbranched alkanes of at least 4 members (excludes halogenated alkanes) is 1. The predicted octanol–water partition coefficient (Wildman–Crippen LogP) is 1.72. The van der Waals surface area contributed by atoms with Crippen molar-refractivity contribution in [1.29, 1.82) is 0 Å².